The van der Waals surface area contributed by atoms with Gasteiger partial charge in [-0.05, 0) is 23.8 Å². The number of piperazine rings is 1. The van der Waals surface area contributed by atoms with Gasteiger partial charge in [0, 0.05) is 44.5 Å². The van der Waals surface area contributed by atoms with E-state index in [0.29, 0.717) is 30.3 Å². The summed E-state index contributed by atoms with van der Waals surface area (Å²) in [6, 6.07) is 18.0. The van der Waals surface area contributed by atoms with E-state index in [1.807, 2.05) is 23.1 Å². The van der Waals surface area contributed by atoms with Crippen molar-refractivity contribution in [2.75, 3.05) is 31.5 Å². The number of carbonyl (C=O) groups excluding carboxylic acids is 1. The van der Waals surface area contributed by atoms with Crippen molar-refractivity contribution >= 4 is 17.4 Å². The molecular formula is C22H22FN5O. The Hall–Kier alpha value is -3.32. The third kappa shape index (κ3) is 4.94. The summed E-state index contributed by atoms with van der Waals surface area (Å²) < 4.78 is 13.4. The zero-order valence-corrected chi connectivity index (χ0v) is 16.0. The van der Waals surface area contributed by atoms with Gasteiger partial charge in [-0.15, -0.1) is 0 Å². The number of carbonyl (C=O) groups is 1. The molecule has 2 aromatic carbocycles. The Balaban J connectivity index is 1.36. The average Bonchev–Trinajstić information content (AvgIpc) is 2.75. The average molecular weight is 391 g/mol. The summed E-state index contributed by atoms with van der Waals surface area (Å²) in [6.07, 6.45) is 1.35. The number of nitrogens with zero attached hydrogens (tertiary/aromatic N) is 4. The van der Waals surface area contributed by atoms with E-state index in [1.54, 1.807) is 18.2 Å². The number of benzene rings is 2. The fourth-order valence-corrected chi connectivity index (χ4v) is 3.37. The molecule has 0 atom stereocenters. The Kier molecular flexibility index (Phi) is 5.76. The summed E-state index contributed by atoms with van der Waals surface area (Å²) in [5.41, 5.74) is 2.17. The Bertz CT molecular complexity index is 974. The third-order valence-corrected chi connectivity index (χ3v) is 4.89. The number of amides is 1. The number of halogens is 1. The molecule has 0 saturated carbocycles. The Morgan fingerprint density at radius 1 is 0.966 bits per heavy atom. The first kappa shape index (κ1) is 19.0. The van der Waals surface area contributed by atoms with Crippen LogP contribution in [-0.2, 0) is 6.54 Å². The van der Waals surface area contributed by atoms with E-state index >= 15 is 0 Å². The van der Waals surface area contributed by atoms with E-state index in [9.17, 15) is 9.18 Å². The molecule has 6 nitrogen and oxygen atoms in total. The van der Waals surface area contributed by atoms with Crippen LogP contribution in [0.2, 0.25) is 0 Å². The van der Waals surface area contributed by atoms with Gasteiger partial charge in [0.15, 0.2) is 0 Å². The number of hydrogen-bond donors (Lipinski definition) is 1. The molecule has 1 fully saturated rings. The normalized spacial score (nSPS) is 14.6. The van der Waals surface area contributed by atoms with Crippen molar-refractivity contribution in [3.8, 4) is 0 Å². The van der Waals surface area contributed by atoms with Crippen molar-refractivity contribution in [3.63, 3.8) is 0 Å². The lowest BCUT2D eigenvalue weighted by molar-refractivity contribution is 0.0622. The standard InChI is InChI=1S/C22H22FN5O/c23-18-7-4-8-19(13-18)26-21-14-20(24-16-25-21)22(29)28-11-9-27(10-12-28)15-17-5-2-1-3-6-17/h1-8,13-14,16H,9-12,15H2,(H,24,25,26). The van der Waals surface area contributed by atoms with Gasteiger partial charge in [-0.3, -0.25) is 9.69 Å². The van der Waals surface area contributed by atoms with Crippen molar-refractivity contribution in [2.45, 2.75) is 6.54 Å². The molecule has 1 aromatic heterocycles. The molecule has 1 aliphatic heterocycles. The predicted molar refractivity (Wildman–Crippen MR) is 109 cm³/mol. The molecule has 3 aromatic rings. The monoisotopic (exact) mass is 391 g/mol. The van der Waals surface area contributed by atoms with Gasteiger partial charge in [0.25, 0.3) is 5.91 Å². The summed E-state index contributed by atoms with van der Waals surface area (Å²) in [6.45, 7) is 3.84. The molecule has 1 aliphatic rings. The first-order chi connectivity index (χ1) is 14.2. The van der Waals surface area contributed by atoms with E-state index in [0.717, 1.165) is 19.6 Å². The van der Waals surface area contributed by atoms with Crippen LogP contribution in [0.1, 0.15) is 16.1 Å². The zero-order valence-electron chi connectivity index (χ0n) is 16.0. The van der Waals surface area contributed by atoms with E-state index < -0.39 is 0 Å². The smallest absolute Gasteiger partial charge is 0.272 e. The topological polar surface area (TPSA) is 61.4 Å². The largest absolute Gasteiger partial charge is 0.340 e. The van der Waals surface area contributed by atoms with Gasteiger partial charge in [-0.2, -0.15) is 0 Å². The summed E-state index contributed by atoms with van der Waals surface area (Å²) in [5.74, 6) is -0.000512. The minimum Gasteiger partial charge on any atom is -0.340 e. The highest BCUT2D eigenvalue weighted by Gasteiger charge is 2.23. The molecule has 7 heteroatoms. The van der Waals surface area contributed by atoms with Gasteiger partial charge < -0.3 is 10.2 Å². The number of aromatic nitrogens is 2. The van der Waals surface area contributed by atoms with Crippen LogP contribution in [0.15, 0.2) is 67.0 Å². The maximum atomic E-state index is 13.4. The van der Waals surface area contributed by atoms with Gasteiger partial charge in [-0.25, -0.2) is 14.4 Å². The highest BCUT2D eigenvalue weighted by molar-refractivity contribution is 5.93. The van der Waals surface area contributed by atoms with E-state index in [1.165, 1.54) is 24.0 Å². The molecule has 2 heterocycles. The Morgan fingerprint density at radius 3 is 2.52 bits per heavy atom. The van der Waals surface area contributed by atoms with Gasteiger partial charge in [0.05, 0.1) is 0 Å². The van der Waals surface area contributed by atoms with Crippen molar-refractivity contribution in [1.29, 1.82) is 0 Å². The lowest BCUT2D eigenvalue weighted by Gasteiger charge is -2.34. The minimum absolute atomic E-state index is 0.117. The quantitative estimate of drug-likeness (QED) is 0.723. The number of rotatable bonds is 5. The van der Waals surface area contributed by atoms with Crippen molar-refractivity contribution < 1.29 is 9.18 Å². The van der Waals surface area contributed by atoms with Crippen LogP contribution >= 0.6 is 0 Å². The maximum Gasteiger partial charge on any atom is 0.272 e. The van der Waals surface area contributed by atoms with Crippen molar-refractivity contribution in [3.05, 3.63) is 84.1 Å². The fraction of sp³-hybridized carbons (Fsp3) is 0.227. The summed E-state index contributed by atoms with van der Waals surface area (Å²) >= 11 is 0. The second-order valence-electron chi connectivity index (χ2n) is 6.98. The van der Waals surface area contributed by atoms with Gasteiger partial charge in [0.1, 0.15) is 23.7 Å². The second kappa shape index (κ2) is 8.79. The van der Waals surface area contributed by atoms with Crippen molar-refractivity contribution in [1.82, 2.24) is 19.8 Å². The third-order valence-electron chi connectivity index (χ3n) is 4.89. The van der Waals surface area contributed by atoms with Crippen molar-refractivity contribution in [2.24, 2.45) is 0 Å². The molecule has 0 bridgehead atoms. The molecule has 148 valence electrons. The number of nitrogens with one attached hydrogen (secondary N) is 1. The lowest BCUT2D eigenvalue weighted by atomic mass is 10.2. The molecule has 29 heavy (non-hydrogen) atoms. The molecule has 0 radical (unpaired) electrons. The van der Waals surface area contributed by atoms with Crippen LogP contribution in [0, 0.1) is 5.82 Å². The van der Waals surface area contributed by atoms with Gasteiger partial charge in [-0.1, -0.05) is 36.4 Å². The minimum atomic E-state index is -0.339. The Labute approximate surface area is 169 Å². The molecule has 0 unspecified atom stereocenters. The lowest BCUT2D eigenvalue weighted by Crippen LogP contribution is -2.48. The molecular weight excluding hydrogens is 369 g/mol. The highest BCUT2D eigenvalue weighted by Crippen LogP contribution is 2.17. The molecule has 0 aliphatic carbocycles. The number of hydrogen-bond acceptors (Lipinski definition) is 5. The predicted octanol–water partition coefficient (Wildman–Crippen LogP) is 3.32. The van der Waals surface area contributed by atoms with E-state index in [2.05, 4.69) is 32.3 Å². The highest BCUT2D eigenvalue weighted by atomic mass is 19.1. The summed E-state index contributed by atoms with van der Waals surface area (Å²) in [7, 11) is 0. The molecule has 1 amide bonds. The van der Waals surface area contributed by atoms with E-state index in [4.69, 9.17) is 0 Å². The molecule has 0 spiro atoms. The van der Waals surface area contributed by atoms with Gasteiger partial charge in [0.2, 0.25) is 0 Å². The second-order valence-corrected chi connectivity index (χ2v) is 6.98. The Morgan fingerprint density at radius 2 is 1.76 bits per heavy atom. The first-order valence-corrected chi connectivity index (χ1v) is 9.57. The summed E-state index contributed by atoms with van der Waals surface area (Å²) in [5, 5.41) is 3.01. The van der Waals surface area contributed by atoms with E-state index in [-0.39, 0.29) is 11.7 Å². The zero-order chi connectivity index (χ0) is 20.1. The van der Waals surface area contributed by atoms with Crippen LogP contribution in [-0.4, -0.2) is 51.9 Å². The number of anilines is 2. The van der Waals surface area contributed by atoms with Gasteiger partial charge >= 0.3 is 0 Å². The molecule has 1 N–H and O–H groups in total. The summed E-state index contributed by atoms with van der Waals surface area (Å²) in [4.78, 5) is 25.3. The SMILES string of the molecule is O=C(c1cc(Nc2cccc(F)c2)ncn1)N1CCN(Cc2ccccc2)CC1. The van der Waals surface area contributed by atoms with Crippen LogP contribution < -0.4 is 5.32 Å². The maximum absolute atomic E-state index is 13.4. The van der Waals surface area contributed by atoms with Crippen LogP contribution in [0.4, 0.5) is 15.9 Å². The van der Waals surface area contributed by atoms with Crippen LogP contribution in [0.3, 0.4) is 0 Å². The van der Waals surface area contributed by atoms with Crippen LogP contribution in [0.5, 0.6) is 0 Å². The van der Waals surface area contributed by atoms with Crippen LogP contribution in [0.25, 0.3) is 0 Å². The fourth-order valence-electron chi connectivity index (χ4n) is 3.37. The molecule has 4 rings (SSSR count). The first-order valence-electron chi connectivity index (χ1n) is 9.57. The molecule has 1 saturated heterocycles.